The van der Waals surface area contributed by atoms with Crippen molar-refractivity contribution in [1.29, 1.82) is 0 Å². The van der Waals surface area contributed by atoms with Gasteiger partial charge in [-0.2, -0.15) is 0 Å². The van der Waals surface area contributed by atoms with Crippen molar-refractivity contribution in [3.8, 4) is 0 Å². The predicted octanol–water partition coefficient (Wildman–Crippen LogP) is 1.67. The average molecular weight is 348 g/mol. The number of carbonyl (C=O) groups is 2. The third kappa shape index (κ3) is 5.42. The van der Waals surface area contributed by atoms with E-state index < -0.39 is 0 Å². The molecule has 7 nitrogen and oxygen atoms in total. The van der Waals surface area contributed by atoms with E-state index in [1.807, 2.05) is 19.9 Å². The Morgan fingerprint density at radius 2 is 2.20 bits per heavy atom. The van der Waals surface area contributed by atoms with Crippen LogP contribution in [0.3, 0.4) is 0 Å². The number of likely N-dealkylation sites (tertiary alicyclic amines) is 1. The molecule has 1 unspecified atom stereocenters. The zero-order chi connectivity index (χ0) is 18.2. The molecule has 1 aromatic rings. The molecule has 0 aromatic carbocycles. The van der Waals surface area contributed by atoms with Gasteiger partial charge in [0, 0.05) is 51.2 Å². The molecule has 0 aliphatic carbocycles. The minimum Gasteiger partial charge on any atom is -0.383 e. The average Bonchev–Trinajstić information content (AvgIpc) is 3.07. The van der Waals surface area contributed by atoms with Crippen LogP contribution in [0.1, 0.15) is 35.8 Å². The first kappa shape index (κ1) is 19.2. The zero-order valence-corrected chi connectivity index (χ0v) is 15.3. The van der Waals surface area contributed by atoms with Crippen LogP contribution in [-0.4, -0.2) is 72.7 Å². The van der Waals surface area contributed by atoms with Gasteiger partial charge in [-0.05, 0) is 31.9 Å². The maximum absolute atomic E-state index is 12.5. The lowest BCUT2D eigenvalue weighted by Gasteiger charge is -2.24. The lowest BCUT2D eigenvalue weighted by Crippen LogP contribution is -2.47. The number of nitrogens with one attached hydrogen (secondary N) is 1. The Morgan fingerprint density at radius 3 is 2.84 bits per heavy atom. The molecule has 0 bridgehead atoms. The molecule has 0 saturated carbocycles. The van der Waals surface area contributed by atoms with Crippen LogP contribution in [0.2, 0.25) is 0 Å². The molecule has 0 radical (unpaired) electrons. The van der Waals surface area contributed by atoms with Crippen LogP contribution >= 0.6 is 0 Å². The van der Waals surface area contributed by atoms with Crippen LogP contribution < -0.4 is 5.32 Å². The normalized spacial score (nSPS) is 16.8. The van der Waals surface area contributed by atoms with Crippen molar-refractivity contribution in [1.82, 2.24) is 20.1 Å². The number of aryl methyl sites for hydroxylation is 1. The third-order valence-electron chi connectivity index (χ3n) is 4.31. The summed E-state index contributed by atoms with van der Waals surface area (Å²) in [7, 11) is 1.63. The zero-order valence-electron chi connectivity index (χ0n) is 15.3. The van der Waals surface area contributed by atoms with Crippen LogP contribution in [0.25, 0.3) is 0 Å². The molecule has 1 fully saturated rings. The highest BCUT2D eigenvalue weighted by atomic mass is 16.5. The van der Waals surface area contributed by atoms with E-state index in [0.29, 0.717) is 38.3 Å². The Kier molecular flexibility index (Phi) is 7.18. The summed E-state index contributed by atoms with van der Waals surface area (Å²) in [5.74, 6) is -0.0333. The molecule has 1 aliphatic rings. The van der Waals surface area contributed by atoms with Gasteiger partial charge in [-0.1, -0.05) is 6.92 Å². The topological polar surface area (TPSA) is 74.8 Å². The number of aromatic nitrogens is 1. The van der Waals surface area contributed by atoms with E-state index in [1.54, 1.807) is 29.2 Å². The lowest BCUT2D eigenvalue weighted by molar-refractivity contribution is 0.0788. The molecule has 2 rings (SSSR count). The second-order valence-corrected chi connectivity index (χ2v) is 6.35. The standard InChI is InChI=1S/C18H28N4O3/c1-4-8-21(10-11-25-3)18(24)20-16-7-9-22(13-16)17(23)15-6-5-14(2)19-12-15/h5-6,12,16H,4,7-11,13H2,1-3H3,(H,20,24). The van der Waals surface area contributed by atoms with Gasteiger partial charge in [-0.25, -0.2) is 4.79 Å². The van der Waals surface area contributed by atoms with Crippen molar-refractivity contribution in [3.63, 3.8) is 0 Å². The van der Waals surface area contributed by atoms with Crippen molar-refractivity contribution in [2.75, 3.05) is 39.9 Å². The number of urea groups is 1. The lowest BCUT2D eigenvalue weighted by atomic mass is 10.2. The summed E-state index contributed by atoms with van der Waals surface area (Å²) in [6.07, 6.45) is 3.27. The quantitative estimate of drug-likeness (QED) is 0.813. The molecule has 138 valence electrons. The second kappa shape index (κ2) is 9.36. The summed E-state index contributed by atoms with van der Waals surface area (Å²) in [4.78, 5) is 32.7. The molecule has 7 heteroatoms. The number of rotatable bonds is 7. The number of methoxy groups -OCH3 is 1. The van der Waals surface area contributed by atoms with Crippen molar-refractivity contribution in [3.05, 3.63) is 29.6 Å². The van der Waals surface area contributed by atoms with E-state index in [4.69, 9.17) is 4.74 Å². The minimum atomic E-state index is -0.0878. The van der Waals surface area contributed by atoms with Gasteiger partial charge in [0.15, 0.2) is 0 Å². The molecule has 1 saturated heterocycles. The molecular formula is C18H28N4O3. The Balaban J connectivity index is 1.87. The molecule has 3 amide bonds. The maximum atomic E-state index is 12.5. The summed E-state index contributed by atoms with van der Waals surface area (Å²) in [6.45, 7) is 6.88. The number of carbonyl (C=O) groups excluding carboxylic acids is 2. The molecule has 2 heterocycles. The Hall–Kier alpha value is -2.15. The van der Waals surface area contributed by atoms with E-state index in [2.05, 4.69) is 10.3 Å². The van der Waals surface area contributed by atoms with Crippen molar-refractivity contribution in [2.24, 2.45) is 0 Å². The van der Waals surface area contributed by atoms with Gasteiger partial charge in [0.25, 0.3) is 5.91 Å². The van der Waals surface area contributed by atoms with Gasteiger partial charge in [-0.15, -0.1) is 0 Å². The monoisotopic (exact) mass is 348 g/mol. The van der Waals surface area contributed by atoms with E-state index in [9.17, 15) is 9.59 Å². The second-order valence-electron chi connectivity index (χ2n) is 6.35. The predicted molar refractivity (Wildman–Crippen MR) is 95.6 cm³/mol. The number of pyridine rings is 1. The molecule has 1 N–H and O–H groups in total. The van der Waals surface area contributed by atoms with Gasteiger partial charge < -0.3 is 19.9 Å². The fourth-order valence-corrected chi connectivity index (χ4v) is 2.89. The highest BCUT2D eigenvalue weighted by Crippen LogP contribution is 2.14. The fraction of sp³-hybridized carbons (Fsp3) is 0.611. The molecule has 1 aromatic heterocycles. The van der Waals surface area contributed by atoms with Gasteiger partial charge in [0.1, 0.15) is 0 Å². The molecular weight excluding hydrogens is 320 g/mol. The summed E-state index contributed by atoms with van der Waals surface area (Å²) in [6, 6.07) is 3.53. The first-order valence-corrected chi connectivity index (χ1v) is 8.81. The summed E-state index contributed by atoms with van der Waals surface area (Å²) >= 11 is 0. The Labute approximate surface area is 149 Å². The smallest absolute Gasteiger partial charge is 0.317 e. The van der Waals surface area contributed by atoms with E-state index in [-0.39, 0.29) is 18.0 Å². The fourth-order valence-electron chi connectivity index (χ4n) is 2.89. The highest BCUT2D eigenvalue weighted by molar-refractivity contribution is 5.94. The molecule has 1 atom stereocenters. The number of hydrogen-bond acceptors (Lipinski definition) is 4. The van der Waals surface area contributed by atoms with Crippen LogP contribution in [0.5, 0.6) is 0 Å². The van der Waals surface area contributed by atoms with Crippen molar-refractivity contribution < 1.29 is 14.3 Å². The Morgan fingerprint density at radius 1 is 1.40 bits per heavy atom. The molecule has 0 spiro atoms. The van der Waals surface area contributed by atoms with Gasteiger partial charge in [-0.3, -0.25) is 9.78 Å². The van der Waals surface area contributed by atoms with E-state index in [0.717, 1.165) is 18.5 Å². The maximum Gasteiger partial charge on any atom is 0.317 e. The van der Waals surface area contributed by atoms with Crippen LogP contribution in [0, 0.1) is 6.92 Å². The highest BCUT2D eigenvalue weighted by Gasteiger charge is 2.29. The van der Waals surface area contributed by atoms with E-state index in [1.165, 1.54) is 0 Å². The SMILES string of the molecule is CCCN(CCOC)C(=O)NC1CCN(C(=O)c2ccc(C)nc2)C1. The van der Waals surface area contributed by atoms with Crippen LogP contribution in [0.4, 0.5) is 4.79 Å². The summed E-state index contributed by atoms with van der Waals surface area (Å²) < 4.78 is 5.06. The van der Waals surface area contributed by atoms with Gasteiger partial charge >= 0.3 is 6.03 Å². The first-order valence-electron chi connectivity index (χ1n) is 8.81. The minimum absolute atomic E-state index is 0.0169. The van der Waals surface area contributed by atoms with Crippen molar-refractivity contribution >= 4 is 11.9 Å². The van der Waals surface area contributed by atoms with Gasteiger partial charge in [0.2, 0.25) is 0 Å². The Bertz CT molecular complexity index is 576. The number of hydrogen-bond donors (Lipinski definition) is 1. The summed E-state index contributed by atoms with van der Waals surface area (Å²) in [5, 5.41) is 3.04. The largest absolute Gasteiger partial charge is 0.383 e. The van der Waals surface area contributed by atoms with E-state index >= 15 is 0 Å². The number of nitrogens with zero attached hydrogens (tertiary/aromatic N) is 3. The van der Waals surface area contributed by atoms with Crippen molar-refractivity contribution in [2.45, 2.75) is 32.7 Å². The summed E-state index contributed by atoms with van der Waals surface area (Å²) in [5.41, 5.74) is 1.47. The third-order valence-corrected chi connectivity index (χ3v) is 4.31. The number of amides is 3. The molecule has 1 aliphatic heterocycles. The molecule has 25 heavy (non-hydrogen) atoms. The van der Waals surface area contributed by atoms with Gasteiger partial charge in [0.05, 0.1) is 12.2 Å². The van der Waals surface area contributed by atoms with Crippen LogP contribution in [-0.2, 0) is 4.74 Å². The first-order chi connectivity index (χ1) is 12.0. The number of ether oxygens (including phenoxy) is 1. The van der Waals surface area contributed by atoms with Crippen LogP contribution in [0.15, 0.2) is 18.3 Å².